The van der Waals surface area contributed by atoms with Crippen LogP contribution in [0, 0.1) is 19.0 Å². The molecule has 0 fully saturated rings. The second-order valence-corrected chi connectivity index (χ2v) is 0.256. The summed E-state index contributed by atoms with van der Waals surface area (Å²) >= 11 is 0. The van der Waals surface area contributed by atoms with Crippen molar-refractivity contribution in [2.75, 3.05) is 0 Å². The average Bonchev–Trinajstić information content (AvgIpc) is 1.37. The molecule has 0 unspecified atom stereocenters. The van der Waals surface area contributed by atoms with Gasteiger partial charge in [0.1, 0.15) is 0 Å². The van der Waals surface area contributed by atoms with Gasteiger partial charge in [-0.2, -0.15) is 0 Å². The molecule has 0 saturated carbocycles. The molecule has 0 saturated heterocycles. The molecular weight excluding hydrogens is 52.0 g/mol. The van der Waals surface area contributed by atoms with Gasteiger partial charge in [0.2, 0.25) is 6.61 Å². The fourth-order valence-corrected chi connectivity index (χ4v) is 0. The van der Waals surface area contributed by atoms with Crippen LogP contribution in [0.25, 0.3) is 0 Å². The van der Waals surface area contributed by atoms with Crippen molar-refractivity contribution in [2.45, 2.75) is 0 Å². The van der Waals surface area contributed by atoms with Gasteiger partial charge in [-0.3, -0.25) is 0 Å². The minimum absolute atomic E-state index is 1.46. The number of aliphatic hydroxyl groups is 1. The average molecular weight is 54.0 g/mol. The predicted octanol–water partition coefficient (Wildman–Crippen LogP) is 0.0309. The van der Waals surface area contributed by atoms with Crippen molar-refractivity contribution in [3.05, 3.63) is 6.61 Å². The van der Waals surface area contributed by atoms with Crippen LogP contribution in [0.5, 0.6) is 0 Å². The molecule has 1 nitrogen and oxygen atoms in total. The van der Waals surface area contributed by atoms with E-state index in [1.165, 1.54) is 6.61 Å². The standard InChI is InChI=1S/C3H2O/c1-2-3-4/h1,4H. The Bertz CT molecular complexity index is 33.0. The third-order valence-electron chi connectivity index (χ3n) is 0.0645. The molecule has 0 heterocycles. The first-order valence-electron chi connectivity index (χ1n) is 0.762. The molecular formula is C3H2O. The molecule has 0 aliphatic heterocycles. The summed E-state index contributed by atoms with van der Waals surface area (Å²) in [7, 11) is 0. The second kappa shape index (κ2) is 2.52. The molecule has 2 radical (unpaired) electrons. The van der Waals surface area contributed by atoms with E-state index in [1.54, 1.807) is 5.92 Å². The van der Waals surface area contributed by atoms with Crippen LogP contribution >= 0.6 is 0 Å². The zero-order valence-electron chi connectivity index (χ0n) is 2.02. The molecule has 0 aliphatic rings. The Kier molecular flexibility index (Phi) is 2.22. The first-order chi connectivity index (χ1) is 1.91. The maximum atomic E-state index is 7.39. The topological polar surface area (TPSA) is 20.2 Å². The van der Waals surface area contributed by atoms with Crippen molar-refractivity contribution in [3.8, 4) is 12.3 Å². The minimum atomic E-state index is 1.46. The van der Waals surface area contributed by atoms with Crippen molar-refractivity contribution in [3.63, 3.8) is 0 Å². The highest BCUT2D eigenvalue weighted by atomic mass is 16.2. The van der Waals surface area contributed by atoms with E-state index < -0.39 is 0 Å². The first kappa shape index (κ1) is 3.52. The summed E-state index contributed by atoms with van der Waals surface area (Å²) in [6.45, 7) is 1.46. The molecule has 0 atom stereocenters. The Balaban J connectivity index is 2.43. The van der Waals surface area contributed by atoms with Crippen LogP contribution in [0.15, 0.2) is 0 Å². The highest BCUT2D eigenvalue weighted by molar-refractivity contribution is 4.91. The van der Waals surface area contributed by atoms with Crippen LogP contribution in [0.3, 0.4) is 0 Å². The van der Waals surface area contributed by atoms with Crippen molar-refractivity contribution in [1.82, 2.24) is 0 Å². The van der Waals surface area contributed by atoms with Gasteiger partial charge in [-0.05, 0) is 0 Å². The molecule has 0 rings (SSSR count). The molecule has 0 aromatic heterocycles. The van der Waals surface area contributed by atoms with Gasteiger partial charge in [0, 0.05) is 0 Å². The largest absolute Gasteiger partial charge is 0.370 e. The quantitative estimate of drug-likeness (QED) is 0.387. The molecule has 0 amide bonds. The molecule has 0 aromatic rings. The third-order valence-corrected chi connectivity index (χ3v) is 0.0645. The summed E-state index contributed by atoms with van der Waals surface area (Å²) in [6.07, 6.45) is 4.42. The minimum Gasteiger partial charge on any atom is -0.370 e. The summed E-state index contributed by atoms with van der Waals surface area (Å²) in [5.41, 5.74) is 0. The fraction of sp³-hybridized carbons (Fsp3) is 0. The van der Waals surface area contributed by atoms with E-state index in [-0.39, 0.29) is 0 Å². The van der Waals surface area contributed by atoms with E-state index in [9.17, 15) is 0 Å². The highest BCUT2D eigenvalue weighted by Crippen LogP contribution is 1.46. The van der Waals surface area contributed by atoms with Gasteiger partial charge in [-0.1, -0.05) is 5.92 Å². The Morgan fingerprint density at radius 3 is 2.00 bits per heavy atom. The molecule has 4 heavy (non-hydrogen) atoms. The highest BCUT2D eigenvalue weighted by Gasteiger charge is 1.49. The monoisotopic (exact) mass is 54.0 g/mol. The van der Waals surface area contributed by atoms with Gasteiger partial charge in [0.15, 0.2) is 0 Å². The number of terminal acetylenes is 1. The lowest BCUT2D eigenvalue weighted by molar-refractivity contribution is 0.427. The van der Waals surface area contributed by atoms with Gasteiger partial charge in [-0.25, -0.2) is 0 Å². The van der Waals surface area contributed by atoms with Gasteiger partial charge in [-0.15, -0.1) is 6.42 Å². The van der Waals surface area contributed by atoms with Crippen LogP contribution in [0.4, 0.5) is 0 Å². The fourth-order valence-electron chi connectivity index (χ4n) is 0. The molecule has 20 valence electrons. The Labute approximate surface area is 25.3 Å². The zero-order chi connectivity index (χ0) is 3.41. The lowest BCUT2D eigenvalue weighted by atomic mass is 10.8. The molecule has 0 aliphatic carbocycles. The molecule has 0 spiro atoms. The first-order valence-corrected chi connectivity index (χ1v) is 0.762. The number of aliphatic hydroxyl groups excluding tert-OH is 1. The molecule has 0 bridgehead atoms. The van der Waals surface area contributed by atoms with Crippen LogP contribution in [-0.2, 0) is 0 Å². The summed E-state index contributed by atoms with van der Waals surface area (Å²) < 4.78 is 0. The molecule has 1 heteroatoms. The van der Waals surface area contributed by atoms with Crippen LogP contribution in [0.1, 0.15) is 0 Å². The lowest BCUT2D eigenvalue weighted by Crippen LogP contribution is -1.51. The van der Waals surface area contributed by atoms with E-state index in [0.29, 0.717) is 0 Å². The Morgan fingerprint density at radius 1 is 1.75 bits per heavy atom. The van der Waals surface area contributed by atoms with E-state index in [1.807, 2.05) is 0 Å². The summed E-state index contributed by atoms with van der Waals surface area (Å²) in [4.78, 5) is 0. The normalized spacial score (nSPS) is 5.00. The van der Waals surface area contributed by atoms with Gasteiger partial charge in [0.25, 0.3) is 0 Å². The maximum Gasteiger partial charge on any atom is 0.214 e. The van der Waals surface area contributed by atoms with E-state index in [2.05, 4.69) is 6.42 Å². The van der Waals surface area contributed by atoms with E-state index >= 15 is 0 Å². The van der Waals surface area contributed by atoms with E-state index in [0.717, 1.165) is 0 Å². The SMILES string of the molecule is C#C[C]O. The van der Waals surface area contributed by atoms with Crippen LogP contribution in [0.2, 0.25) is 0 Å². The lowest BCUT2D eigenvalue weighted by Gasteiger charge is -1.50. The summed E-state index contributed by atoms with van der Waals surface area (Å²) in [5, 5.41) is 7.39. The smallest absolute Gasteiger partial charge is 0.214 e. The van der Waals surface area contributed by atoms with Crippen molar-refractivity contribution < 1.29 is 5.11 Å². The van der Waals surface area contributed by atoms with Crippen molar-refractivity contribution >= 4 is 0 Å². The van der Waals surface area contributed by atoms with Gasteiger partial charge in [0.05, 0.1) is 0 Å². The Hall–Kier alpha value is -0.480. The van der Waals surface area contributed by atoms with Gasteiger partial charge >= 0.3 is 0 Å². The zero-order valence-corrected chi connectivity index (χ0v) is 2.02. The number of hydrogen-bond acceptors (Lipinski definition) is 1. The third kappa shape index (κ3) is 1.52. The van der Waals surface area contributed by atoms with Crippen molar-refractivity contribution in [1.29, 1.82) is 0 Å². The molecule has 1 N–H and O–H groups in total. The number of hydrogen-bond donors (Lipinski definition) is 1. The van der Waals surface area contributed by atoms with Crippen molar-refractivity contribution in [2.24, 2.45) is 0 Å². The summed E-state index contributed by atoms with van der Waals surface area (Å²) in [6, 6.07) is 0. The second-order valence-electron chi connectivity index (χ2n) is 0.256. The van der Waals surface area contributed by atoms with E-state index in [4.69, 9.17) is 5.11 Å². The molecule has 0 aromatic carbocycles. The van der Waals surface area contributed by atoms with Crippen LogP contribution in [-0.4, -0.2) is 5.11 Å². The van der Waals surface area contributed by atoms with Gasteiger partial charge < -0.3 is 5.11 Å². The van der Waals surface area contributed by atoms with Crippen LogP contribution < -0.4 is 0 Å². The Morgan fingerprint density at radius 2 is 2.00 bits per heavy atom. The number of rotatable bonds is 0. The predicted molar refractivity (Wildman–Crippen MR) is 14.0 cm³/mol. The maximum absolute atomic E-state index is 7.39. The summed E-state index contributed by atoms with van der Waals surface area (Å²) in [5.74, 6) is 1.74.